The van der Waals surface area contributed by atoms with Crippen LogP contribution in [0.2, 0.25) is 0 Å². The molecule has 0 saturated heterocycles. The molecule has 86 valence electrons. The number of aromatic amines is 1. The smallest absolute Gasteiger partial charge is 0.214 e. The molecule has 15 heavy (non-hydrogen) atoms. The van der Waals surface area contributed by atoms with E-state index in [2.05, 4.69) is 10.3 Å². The van der Waals surface area contributed by atoms with Crippen molar-refractivity contribution in [1.82, 2.24) is 14.6 Å². The van der Waals surface area contributed by atoms with Crippen LogP contribution in [0.4, 0.5) is 0 Å². The van der Waals surface area contributed by atoms with Gasteiger partial charge in [0.15, 0.2) is 0 Å². The molecule has 0 atom stereocenters. The average Bonchev–Trinajstić information content (AvgIpc) is 2.64. The van der Waals surface area contributed by atoms with E-state index < -0.39 is 10.0 Å². The fourth-order valence-electron chi connectivity index (χ4n) is 1.08. The molecule has 0 spiro atoms. The van der Waals surface area contributed by atoms with E-state index in [4.69, 9.17) is 0 Å². The molecule has 5 nitrogen and oxygen atoms in total. The van der Waals surface area contributed by atoms with Crippen LogP contribution in [0, 0.1) is 0 Å². The van der Waals surface area contributed by atoms with Gasteiger partial charge >= 0.3 is 0 Å². The fraction of sp³-hybridized carbons (Fsp3) is 0.556. The number of hydrogen-bond acceptors (Lipinski definition) is 3. The standard InChI is InChI=1S/C9H17N3O2S/c1-12(2)15(13,14)6-5-11-8-9-3-4-10-7-9/h3-4,7,10-11H,5-6,8H2,1-2H3. The van der Waals surface area contributed by atoms with Gasteiger partial charge in [-0.05, 0) is 11.6 Å². The second-order valence-electron chi connectivity index (χ2n) is 3.49. The zero-order chi connectivity index (χ0) is 11.3. The molecule has 0 aromatic carbocycles. The van der Waals surface area contributed by atoms with E-state index in [9.17, 15) is 8.42 Å². The third kappa shape index (κ3) is 4.03. The monoisotopic (exact) mass is 231 g/mol. The highest BCUT2D eigenvalue weighted by Gasteiger charge is 2.12. The molecule has 0 fully saturated rings. The minimum absolute atomic E-state index is 0.129. The normalized spacial score (nSPS) is 12.2. The Morgan fingerprint density at radius 3 is 2.73 bits per heavy atom. The molecule has 0 unspecified atom stereocenters. The van der Waals surface area contributed by atoms with Crippen LogP contribution in [0.25, 0.3) is 0 Å². The Labute approximate surface area is 90.5 Å². The maximum Gasteiger partial charge on any atom is 0.214 e. The molecule has 0 aliphatic carbocycles. The summed E-state index contributed by atoms with van der Waals surface area (Å²) in [4.78, 5) is 2.94. The van der Waals surface area contributed by atoms with Gasteiger partial charge in [0.1, 0.15) is 0 Å². The van der Waals surface area contributed by atoms with Crippen LogP contribution in [0.15, 0.2) is 18.5 Å². The molecular formula is C9H17N3O2S. The molecule has 1 rings (SSSR count). The molecule has 0 bridgehead atoms. The van der Waals surface area contributed by atoms with Gasteiger partial charge in [0.05, 0.1) is 5.75 Å². The molecule has 1 aromatic rings. The van der Waals surface area contributed by atoms with Crippen molar-refractivity contribution >= 4 is 10.0 Å². The van der Waals surface area contributed by atoms with Crippen molar-refractivity contribution in [1.29, 1.82) is 0 Å². The average molecular weight is 231 g/mol. The first-order valence-corrected chi connectivity index (χ1v) is 6.36. The first-order chi connectivity index (χ1) is 7.02. The summed E-state index contributed by atoms with van der Waals surface area (Å²) in [5.41, 5.74) is 1.12. The van der Waals surface area contributed by atoms with Crippen LogP contribution >= 0.6 is 0 Å². The quantitative estimate of drug-likeness (QED) is 0.677. The van der Waals surface area contributed by atoms with Gasteiger partial charge in [-0.15, -0.1) is 0 Å². The zero-order valence-electron chi connectivity index (χ0n) is 9.03. The Morgan fingerprint density at radius 2 is 2.20 bits per heavy atom. The number of nitrogens with zero attached hydrogens (tertiary/aromatic N) is 1. The molecule has 0 radical (unpaired) electrons. The zero-order valence-corrected chi connectivity index (χ0v) is 9.84. The highest BCUT2D eigenvalue weighted by molar-refractivity contribution is 7.89. The fourth-order valence-corrected chi connectivity index (χ4v) is 1.85. The van der Waals surface area contributed by atoms with Gasteiger partial charge in [-0.3, -0.25) is 0 Å². The molecule has 1 heterocycles. The van der Waals surface area contributed by atoms with E-state index in [0.29, 0.717) is 13.1 Å². The lowest BCUT2D eigenvalue weighted by molar-refractivity contribution is 0.517. The second-order valence-corrected chi connectivity index (χ2v) is 5.80. The molecule has 0 amide bonds. The summed E-state index contributed by atoms with van der Waals surface area (Å²) in [7, 11) is 0.0101. The summed E-state index contributed by atoms with van der Waals surface area (Å²) in [5, 5.41) is 3.07. The van der Waals surface area contributed by atoms with Crippen LogP contribution < -0.4 is 5.32 Å². The van der Waals surface area contributed by atoms with Crippen LogP contribution in [0.3, 0.4) is 0 Å². The summed E-state index contributed by atoms with van der Waals surface area (Å²) in [6.07, 6.45) is 3.72. The van der Waals surface area contributed by atoms with Crippen LogP contribution in [0.1, 0.15) is 5.56 Å². The minimum Gasteiger partial charge on any atom is -0.367 e. The van der Waals surface area contributed by atoms with Crippen molar-refractivity contribution in [2.75, 3.05) is 26.4 Å². The van der Waals surface area contributed by atoms with Crippen molar-refractivity contribution in [2.24, 2.45) is 0 Å². The topological polar surface area (TPSA) is 65.2 Å². The molecule has 0 aliphatic heterocycles. The Morgan fingerprint density at radius 1 is 1.47 bits per heavy atom. The molecule has 0 saturated carbocycles. The second kappa shape index (κ2) is 5.29. The molecule has 6 heteroatoms. The highest BCUT2D eigenvalue weighted by atomic mass is 32.2. The van der Waals surface area contributed by atoms with Crippen molar-refractivity contribution in [2.45, 2.75) is 6.54 Å². The number of nitrogens with one attached hydrogen (secondary N) is 2. The summed E-state index contributed by atoms with van der Waals surface area (Å²) >= 11 is 0. The predicted molar refractivity (Wildman–Crippen MR) is 60.0 cm³/mol. The van der Waals surface area contributed by atoms with Gasteiger partial charge in [-0.25, -0.2) is 12.7 Å². The first-order valence-electron chi connectivity index (χ1n) is 4.75. The number of hydrogen-bond donors (Lipinski definition) is 2. The number of aromatic nitrogens is 1. The van der Waals surface area contributed by atoms with Crippen LogP contribution in [-0.4, -0.2) is 44.1 Å². The van der Waals surface area contributed by atoms with Gasteiger partial charge in [-0.1, -0.05) is 0 Å². The Bertz CT molecular complexity index is 370. The molecular weight excluding hydrogens is 214 g/mol. The van der Waals surface area contributed by atoms with Gasteiger partial charge in [0, 0.05) is 39.6 Å². The van der Waals surface area contributed by atoms with E-state index in [1.54, 1.807) is 14.1 Å². The minimum atomic E-state index is -3.08. The summed E-state index contributed by atoms with van der Waals surface area (Å²) in [6.45, 7) is 1.15. The first kappa shape index (κ1) is 12.2. The van der Waals surface area contributed by atoms with Crippen molar-refractivity contribution in [3.8, 4) is 0 Å². The molecule has 1 aromatic heterocycles. The van der Waals surface area contributed by atoms with E-state index in [1.807, 2.05) is 18.5 Å². The van der Waals surface area contributed by atoms with Crippen molar-refractivity contribution in [3.05, 3.63) is 24.0 Å². The lowest BCUT2D eigenvalue weighted by Crippen LogP contribution is -2.30. The molecule has 0 aliphatic rings. The number of sulfonamides is 1. The van der Waals surface area contributed by atoms with Gasteiger partial charge in [-0.2, -0.15) is 0 Å². The van der Waals surface area contributed by atoms with E-state index in [0.717, 1.165) is 5.56 Å². The summed E-state index contributed by atoms with van der Waals surface area (Å²) in [6, 6.07) is 1.95. The predicted octanol–water partition coefficient (Wildman–Crippen LogP) is -0.00430. The maximum atomic E-state index is 11.4. The molecule has 2 N–H and O–H groups in total. The van der Waals surface area contributed by atoms with Crippen molar-refractivity contribution in [3.63, 3.8) is 0 Å². The highest BCUT2D eigenvalue weighted by Crippen LogP contribution is 1.96. The third-order valence-electron chi connectivity index (χ3n) is 2.08. The lowest BCUT2D eigenvalue weighted by Gasteiger charge is -2.11. The van der Waals surface area contributed by atoms with Crippen molar-refractivity contribution < 1.29 is 8.42 Å². The number of H-pyrrole nitrogens is 1. The van der Waals surface area contributed by atoms with Gasteiger partial charge < -0.3 is 10.3 Å². The Hall–Kier alpha value is -0.850. The SMILES string of the molecule is CN(C)S(=O)(=O)CCNCc1cc[nH]c1. The summed E-state index contributed by atoms with van der Waals surface area (Å²) < 4.78 is 24.0. The summed E-state index contributed by atoms with van der Waals surface area (Å²) in [5.74, 6) is 0.129. The van der Waals surface area contributed by atoms with E-state index in [-0.39, 0.29) is 5.75 Å². The van der Waals surface area contributed by atoms with Crippen LogP contribution in [-0.2, 0) is 16.6 Å². The third-order valence-corrected chi connectivity index (χ3v) is 3.92. The maximum absolute atomic E-state index is 11.4. The Kier molecular flexibility index (Phi) is 4.31. The van der Waals surface area contributed by atoms with E-state index >= 15 is 0 Å². The lowest BCUT2D eigenvalue weighted by atomic mass is 10.3. The van der Waals surface area contributed by atoms with Crippen LogP contribution in [0.5, 0.6) is 0 Å². The van der Waals surface area contributed by atoms with Gasteiger partial charge in [0.25, 0.3) is 0 Å². The number of rotatable bonds is 6. The Balaban J connectivity index is 2.23. The van der Waals surface area contributed by atoms with E-state index in [1.165, 1.54) is 4.31 Å². The van der Waals surface area contributed by atoms with Gasteiger partial charge in [0.2, 0.25) is 10.0 Å². The largest absolute Gasteiger partial charge is 0.367 e.